The molecule has 0 rings (SSSR count). The topological polar surface area (TPSA) is 78.9 Å². The van der Waals surface area contributed by atoms with Gasteiger partial charge < -0.3 is 14.2 Å². The zero-order valence-electron chi connectivity index (χ0n) is 41.3. The normalized spacial score (nSPS) is 12.6. The van der Waals surface area contributed by atoms with E-state index in [9.17, 15) is 14.4 Å². The molecular weight excluding hydrogens is 781 g/mol. The highest BCUT2D eigenvalue weighted by atomic mass is 16.6. The van der Waals surface area contributed by atoms with Crippen LogP contribution in [-0.4, -0.2) is 37.2 Å². The molecule has 0 aromatic carbocycles. The molecule has 0 spiro atoms. The molecule has 0 N–H and O–H groups in total. The van der Waals surface area contributed by atoms with Crippen molar-refractivity contribution in [3.63, 3.8) is 0 Å². The number of carbonyl (C=O) groups excluding carboxylic acids is 3. The molecule has 0 heterocycles. The van der Waals surface area contributed by atoms with E-state index in [1.165, 1.54) is 128 Å². The third kappa shape index (κ3) is 49.7. The van der Waals surface area contributed by atoms with Gasteiger partial charge in [0.05, 0.1) is 0 Å². The summed E-state index contributed by atoms with van der Waals surface area (Å²) in [7, 11) is 0. The van der Waals surface area contributed by atoms with Crippen LogP contribution in [0.3, 0.4) is 0 Å². The van der Waals surface area contributed by atoms with E-state index in [2.05, 4.69) is 69.4 Å². The van der Waals surface area contributed by atoms with Crippen molar-refractivity contribution in [3.8, 4) is 0 Å². The summed E-state index contributed by atoms with van der Waals surface area (Å²) in [5.41, 5.74) is 0. The van der Waals surface area contributed by atoms with E-state index >= 15 is 0 Å². The van der Waals surface area contributed by atoms with E-state index in [0.717, 1.165) is 83.5 Å². The Morgan fingerprint density at radius 1 is 0.317 bits per heavy atom. The predicted octanol–water partition coefficient (Wildman–Crippen LogP) is 17.4. The van der Waals surface area contributed by atoms with Crippen molar-refractivity contribution in [2.75, 3.05) is 13.2 Å². The van der Waals surface area contributed by atoms with Crippen LogP contribution in [0.4, 0.5) is 0 Å². The van der Waals surface area contributed by atoms with Gasteiger partial charge in [0.15, 0.2) is 6.10 Å². The number of ether oxygens (including phenoxy) is 3. The minimum atomic E-state index is -0.786. The second-order valence-corrected chi connectivity index (χ2v) is 17.6. The molecule has 0 saturated heterocycles. The maximum Gasteiger partial charge on any atom is 0.306 e. The lowest BCUT2D eigenvalue weighted by atomic mass is 10.1. The van der Waals surface area contributed by atoms with Gasteiger partial charge >= 0.3 is 17.9 Å². The zero-order chi connectivity index (χ0) is 45.8. The minimum absolute atomic E-state index is 0.0842. The minimum Gasteiger partial charge on any atom is -0.462 e. The van der Waals surface area contributed by atoms with E-state index in [1.54, 1.807) is 0 Å². The lowest BCUT2D eigenvalue weighted by molar-refractivity contribution is -0.167. The van der Waals surface area contributed by atoms with Crippen LogP contribution in [0.2, 0.25) is 0 Å². The molecule has 0 aromatic heterocycles. The highest BCUT2D eigenvalue weighted by molar-refractivity contribution is 5.71. The molecular formula is C57H98O6. The Balaban J connectivity index is 4.40. The number of esters is 3. The number of unbranched alkanes of at least 4 members (excludes halogenated alkanes) is 28. The molecule has 0 aliphatic carbocycles. The summed E-state index contributed by atoms with van der Waals surface area (Å²) in [6.07, 6.45) is 64.5. The Labute approximate surface area is 389 Å². The van der Waals surface area contributed by atoms with Gasteiger partial charge in [0, 0.05) is 19.3 Å². The van der Waals surface area contributed by atoms with Crippen molar-refractivity contribution in [1.29, 1.82) is 0 Å². The zero-order valence-corrected chi connectivity index (χ0v) is 41.3. The standard InChI is InChI=1S/C57H98O6/c1-4-7-10-13-16-19-22-24-26-28-30-31-33-35-38-41-44-47-50-56(59)62-53-54(52-61-55(58)49-46-43-40-37-21-18-15-12-9-6-3)63-57(60)51-48-45-42-39-36-34-32-29-27-25-23-20-17-14-11-8-5-2/h10,13,16,19,22,24-28,30-31,54H,4-9,11-12,14-15,17-18,20-21,23,29,32-53H2,1-3H3/b13-10-,19-16-,24-22-,27-25-,28-26-,31-30-. The third-order valence-electron chi connectivity index (χ3n) is 11.3. The second-order valence-electron chi connectivity index (χ2n) is 17.6. The SMILES string of the molecule is CCC\C=C/C=C\C=C/C=C\C=C/CCCCCCCC(=O)OCC(COC(=O)CCCCCCCCCCCC)OC(=O)CCCCCCCCC/C=C\CCCCCCCC. The summed E-state index contributed by atoms with van der Waals surface area (Å²) in [4.78, 5) is 38.0. The molecule has 63 heavy (non-hydrogen) atoms. The number of hydrogen-bond donors (Lipinski definition) is 0. The van der Waals surface area contributed by atoms with E-state index in [0.29, 0.717) is 19.3 Å². The van der Waals surface area contributed by atoms with Crippen LogP contribution in [0.1, 0.15) is 252 Å². The van der Waals surface area contributed by atoms with Gasteiger partial charge in [-0.05, 0) is 64.2 Å². The number of hydrogen-bond acceptors (Lipinski definition) is 6. The molecule has 0 aromatic rings. The maximum absolute atomic E-state index is 12.8. The Morgan fingerprint density at radius 3 is 1.00 bits per heavy atom. The van der Waals surface area contributed by atoms with E-state index in [-0.39, 0.29) is 31.1 Å². The first kappa shape index (κ1) is 59.9. The Hall–Kier alpha value is -3.15. The van der Waals surface area contributed by atoms with E-state index in [4.69, 9.17) is 14.2 Å². The van der Waals surface area contributed by atoms with Crippen molar-refractivity contribution in [1.82, 2.24) is 0 Å². The van der Waals surface area contributed by atoms with Gasteiger partial charge in [-0.3, -0.25) is 14.4 Å². The summed E-state index contributed by atoms with van der Waals surface area (Å²) in [5, 5.41) is 0. The van der Waals surface area contributed by atoms with Gasteiger partial charge in [-0.1, -0.05) is 241 Å². The van der Waals surface area contributed by atoms with Gasteiger partial charge in [0.1, 0.15) is 13.2 Å². The lowest BCUT2D eigenvalue weighted by Gasteiger charge is -2.18. The fraction of sp³-hybridized carbons (Fsp3) is 0.737. The van der Waals surface area contributed by atoms with Gasteiger partial charge in [0.25, 0.3) is 0 Å². The second kappa shape index (κ2) is 51.5. The predicted molar refractivity (Wildman–Crippen MR) is 270 cm³/mol. The number of carbonyl (C=O) groups is 3. The van der Waals surface area contributed by atoms with Gasteiger partial charge in [-0.15, -0.1) is 0 Å². The molecule has 6 nitrogen and oxygen atoms in total. The van der Waals surface area contributed by atoms with Crippen LogP contribution < -0.4 is 0 Å². The monoisotopic (exact) mass is 879 g/mol. The van der Waals surface area contributed by atoms with Crippen LogP contribution in [0.25, 0.3) is 0 Å². The summed E-state index contributed by atoms with van der Waals surface area (Å²) < 4.78 is 16.8. The van der Waals surface area contributed by atoms with Gasteiger partial charge in [-0.2, -0.15) is 0 Å². The number of rotatable bonds is 47. The molecule has 6 heteroatoms. The molecule has 0 bridgehead atoms. The van der Waals surface area contributed by atoms with Crippen molar-refractivity contribution in [2.24, 2.45) is 0 Å². The lowest BCUT2D eigenvalue weighted by Crippen LogP contribution is -2.30. The summed E-state index contributed by atoms with van der Waals surface area (Å²) in [5.74, 6) is -0.912. The third-order valence-corrected chi connectivity index (χ3v) is 11.3. The fourth-order valence-corrected chi connectivity index (χ4v) is 7.29. The van der Waals surface area contributed by atoms with Crippen LogP contribution >= 0.6 is 0 Å². The van der Waals surface area contributed by atoms with Crippen molar-refractivity contribution < 1.29 is 28.6 Å². The van der Waals surface area contributed by atoms with Crippen LogP contribution in [0, 0.1) is 0 Å². The quantitative estimate of drug-likeness (QED) is 0.0199. The van der Waals surface area contributed by atoms with Crippen molar-refractivity contribution in [3.05, 3.63) is 72.9 Å². The highest BCUT2D eigenvalue weighted by Crippen LogP contribution is 2.15. The molecule has 0 aliphatic rings. The molecule has 0 saturated carbocycles. The fourth-order valence-electron chi connectivity index (χ4n) is 7.29. The van der Waals surface area contributed by atoms with Crippen LogP contribution in [0.5, 0.6) is 0 Å². The van der Waals surface area contributed by atoms with Crippen molar-refractivity contribution in [2.45, 2.75) is 258 Å². The summed E-state index contributed by atoms with van der Waals surface area (Å²) in [6.45, 7) is 6.52. The van der Waals surface area contributed by atoms with E-state index < -0.39 is 6.10 Å². The molecule has 0 radical (unpaired) electrons. The van der Waals surface area contributed by atoms with Crippen molar-refractivity contribution >= 4 is 17.9 Å². The molecule has 362 valence electrons. The first-order valence-electron chi connectivity index (χ1n) is 26.5. The molecule has 0 fully saturated rings. The smallest absolute Gasteiger partial charge is 0.306 e. The first-order valence-corrected chi connectivity index (χ1v) is 26.5. The Morgan fingerprint density at radius 2 is 0.619 bits per heavy atom. The largest absolute Gasteiger partial charge is 0.462 e. The average Bonchev–Trinajstić information content (AvgIpc) is 3.28. The molecule has 0 aliphatic heterocycles. The molecule has 1 unspecified atom stereocenters. The van der Waals surface area contributed by atoms with Gasteiger partial charge in [0.2, 0.25) is 0 Å². The molecule has 0 amide bonds. The highest BCUT2D eigenvalue weighted by Gasteiger charge is 2.19. The Bertz CT molecular complexity index is 1190. The van der Waals surface area contributed by atoms with Crippen LogP contribution in [-0.2, 0) is 28.6 Å². The van der Waals surface area contributed by atoms with Crippen LogP contribution in [0.15, 0.2) is 72.9 Å². The van der Waals surface area contributed by atoms with Gasteiger partial charge in [-0.25, -0.2) is 0 Å². The average molecular weight is 879 g/mol. The Kier molecular flexibility index (Phi) is 48.9. The first-order chi connectivity index (χ1) is 31.0. The summed E-state index contributed by atoms with van der Waals surface area (Å²) in [6, 6.07) is 0. The summed E-state index contributed by atoms with van der Waals surface area (Å²) >= 11 is 0. The molecule has 1 atom stereocenters. The number of allylic oxidation sites excluding steroid dienone is 12. The van der Waals surface area contributed by atoms with E-state index in [1.807, 2.05) is 24.3 Å². The maximum atomic E-state index is 12.8.